The molecule has 4 rings (SSSR count). The zero-order valence-corrected chi connectivity index (χ0v) is 20.5. The van der Waals surface area contributed by atoms with Gasteiger partial charge in [-0.15, -0.1) is 10.2 Å². The summed E-state index contributed by atoms with van der Waals surface area (Å²) in [5, 5.41) is 26.2. The van der Waals surface area contributed by atoms with E-state index in [0.29, 0.717) is 15.6 Å². The van der Waals surface area contributed by atoms with E-state index in [4.69, 9.17) is 11.6 Å². The van der Waals surface area contributed by atoms with Crippen LogP contribution in [-0.4, -0.2) is 33.0 Å². The summed E-state index contributed by atoms with van der Waals surface area (Å²) in [6.07, 6.45) is 0.201. The molecule has 0 spiro atoms. The van der Waals surface area contributed by atoms with Gasteiger partial charge in [-0.05, 0) is 30.7 Å². The number of nitrogens with zero attached hydrogens (tertiary/aromatic N) is 3. The van der Waals surface area contributed by atoms with E-state index >= 15 is 0 Å². The molecule has 11 heteroatoms. The van der Waals surface area contributed by atoms with Crippen molar-refractivity contribution in [3.05, 3.63) is 105 Å². The molecular weight excluding hydrogens is 502 g/mol. The Kier molecular flexibility index (Phi) is 7.67. The van der Waals surface area contributed by atoms with Crippen molar-refractivity contribution in [2.75, 3.05) is 5.32 Å². The number of amides is 2. The van der Waals surface area contributed by atoms with E-state index < -0.39 is 22.8 Å². The number of carbonyl (C=O) groups is 2. The molecule has 9 nitrogen and oxygen atoms in total. The highest BCUT2D eigenvalue weighted by Crippen LogP contribution is 2.28. The first-order valence-corrected chi connectivity index (χ1v) is 12.0. The number of nitrogens with one attached hydrogen (secondary N) is 2. The summed E-state index contributed by atoms with van der Waals surface area (Å²) >= 11 is 7.22. The standard InChI is InChI=1S/C25H20ClN5O4S/c1-15-10-11-17(14-21(15)31(34)35)22(32)27-20(12-16-6-3-2-4-7-16)23(33)28-25-30-29-24(36-25)18-8-5-9-19(26)13-18/h2-11,13-14,20H,12H2,1H3,(H,27,32)(H,28,30,33). The summed E-state index contributed by atoms with van der Waals surface area (Å²) in [6, 6.07) is 19.5. The summed E-state index contributed by atoms with van der Waals surface area (Å²) < 4.78 is 0. The molecule has 3 aromatic carbocycles. The number of aryl methyl sites for hydroxylation is 1. The maximum atomic E-state index is 13.2. The molecule has 1 heterocycles. The predicted octanol–water partition coefficient (Wildman–Crippen LogP) is 5.05. The van der Waals surface area contributed by atoms with Gasteiger partial charge in [0.05, 0.1) is 4.92 Å². The van der Waals surface area contributed by atoms with Gasteiger partial charge >= 0.3 is 0 Å². The molecule has 0 fully saturated rings. The van der Waals surface area contributed by atoms with Crippen molar-refractivity contribution in [1.29, 1.82) is 0 Å². The minimum atomic E-state index is -0.973. The van der Waals surface area contributed by atoms with Gasteiger partial charge in [-0.25, -0.2) is 0 Å². The lowest BCUT2D eigenvalue weighted by molar-refractivity contribution is -0.385. The number of rotatable bonds is 8. The minimum absolute atomic E-state index is 0.0809. The molecule has 1 unspecified atom stereocenters. The Labute approximate surface area is 215 Å². The Morgan fingerprint density at radius 3 is 2.56 bits per heavy atom. The molecule has 2 amide bonds. The van der Waals surface area contributed by atoms with Crippen LogP contribution < -0.4 is 10.6 Å². The molecule has 182 valence electrons. The van der Waals surface area contributed by atoms with Crippen LogP contribution in [0.25, 0.3) is 10.6 Å². The van der Waals surface area contributed by atoms with Gasteiger partial charge in [-0.3, -0.25) is 25.0 Å². The van der Waals surface area contributed by atoms with Crippen LogP contribution in [0.2, 0.25) is 5.02 Å². The highest BCUT2D eigenvalue weighted by molar-refractivity contribution is 7.18. The summed E-state index contributed by atoms with van der Waals surface area (Å²) in [4.78, 5) is 36.9. The largest absolute Gasteiger partial charge is 0.340 e. The van der Waals surface area contributed by atoms with Crippen molar-refractivity contribution in [2.24, 2.45) is 0 Å². The highest BCUT2D eigenvalue weighted by atomic mass is 35.5. The van der Waals surface area contributed by atoms with Gasteiger partial charge in [0.2, 0.25) is 11.0 Å². The molecule has 0 saturated carbocycles. The van der Waals surface area contributed by atoms with Crippen LogP contribution in [0.1, 0.15) is 21.5 Å². The quantitative estimate of drug-likeness (QED) is 0.246. The molecule has 0 saturated heterocycles. The zero-order chi connectivity index (χ0) is 25.7. The van der Waals surface area contributed by atoms with Crippen LogP contribution in [0.5, 0.6) is 0 Å². The predicted molar refractivity (Wildman–Crippen MR) is 138 cm³/mol. The lowest BCUT2D eigenvalue weighted by Gasteiger charge is -2.18. The van der Waals surface area contributed by atoms with E-state index in [9.17, 15) is 19.7 Å². The van der Waals surface area contributed by atoms with E-state index in [1.165, 1.54) is 29.5 Å². The monoisotopic (exact) mass is 521 g/mol. The van der Waals surface area contributed by atoms with Crippen molar-refractivity contribution >= 4 is 45.6 Å². The number of anilines is 1. The third-order valence-corrected chi connectivity index (χ3v) is 6.42. The molecular formula is C25H20ClN5O4S. The summed E-state index contributed by atoms with van der Waals surface area (Å²) in [5.41, 5.74) is 1.92. The fourth-order valence-electron chi connectivity index (χ4n) is 3.45. The fraction of sp³-hybridized carbons (Fsp3) is 0.120. The Balaban J connectivity index is 1.54. The lowest BCUT2D eigenvalue weighted by atomic mass is 10.0. The van der Waals surface area contributed by atoms with Crippen LogP contribution in [0.15, 0.2) is 72.8 Å². The fourth-order valence-corrected chi connectivity index (χ4v) is 4.39. The van der Waals surface area contributed by atoms with Crippen molar-refractivity contribution in [1.82, 2.24) is 15.5 Å². The smallest absolute Gasteiger partial charge is 0.273 e. The summed E-state index contributed by atoms with van der Waals surface area (Å²) in [5.74, 6) is -1.10. The number of nitro groups is 1. The van der Waals surface area contributed by atoms with Gasteiger partial charge in [0.15, 0.2) is 0 Å². The molecule has 0 bridgehead atoms. The summed E-state index contributed by atoms with van der Waals surface area (Å²) in [7, 11) is 0. The van der Waals surface area contributed by atoms with E-state index in [0.717, 1.165) is 11.1 Å². The third kappa shape index (κ3) is 6.09. The molecule has 0 aliphatic rings. The maximum Gasteiger partial charge on any atom is 0.273 e. The number of halogens is 1. The molecule has 36 heavy (non-hydrogen) atoms. The van der Waals surface area contributed by atoms with Gasteiger partial charge in [-0.2, -0.15) is 0 Å². The maximum absolute atomic E-state index is 13.2. The van der Waals surface area contributed by atoms with Gasteiger partial charge < -0.3 is 5.32 Å². The number of carbonyl (C=O) groups excluding carboxylic acids is 2. The normalized spacial score (nSPS) is 11.5. The van der Waals surface area contributed by atoms with Crippen molar-refractivity contribution in [2.45, 2.75) is 19.4 Å². The molecule has 0 aliphatic heterocycles. The molecule has 0 radical (unpaired) electrons. The molecule has 2 N–H and O–H groups in total. The second-order valence-electron chi connectivity index (χ2n) is 7.89. The van der Waals surface area contributed by atoms with E-state index in [1.54, 1.807) is 25.1 Å². The lowest BCUT2D eigenvalue weighted by Crippen LogP contribution is -2.45. The number of nitro benzene ring substituents is 1. The number of hydrogen-bond acceptors (Lipinski definition) is 7. The topological polar surface area (TPSA) is 127 Å². The molecule has 4 aromatic rings. The Morgan fingerprint density at radius 2 is 1.83 bits per heavy atom. The minimum Gasteiger partial charge on any atom is -0.340 e. The van der Waals surface area contributed by atoms with E-state index in [1.807, 2.05) is 36.4 Å². The SMILES string of the molecule is Cc1ccc(C(=O)NC(Cc2ccccc2)C(=O)Nc2nnc(-c3cccc(Cl)c3)s2)cc1[N+](=O)[O-]. The van der Waals surface area contributed by atoms with E-state index in [-0.39, 0.29) is 22.8 Å². The number of aromatic nitrogens is 2. The van der Waals surface area contributed by atoms with Crippen molar-refractivity contribution in [3.8, 4) is 10.6 Å². The van der Waals surface area contributed by atoms with Gasteiger partial charge in [-0.1, -0.05) is 71.5 Å². The molecule has 1 aromatic heterocycles. The van der Waals surface area contributed by atoms with Crippen LogP contribution in [0, 0.1) is 17.0 Å². The zero-order valence-electron chi connectivity index (χ0n) is 19.0. The van der Waals surface area contributed by atoms with Crippen molar-refractivity contribution < 1.29 is 14.5 Å². The second kappa shape index (κ2) is 11.1. The van der Waals surface area contributed by atoms with Crippen molar-refractivity contribution in [3.63, 3.8) is 0 Å². The van der Waals surface area contributed by atoms with Crippen LogP contribution in [-0.2, 0) is 11.2 Å². The van der Waals surface area contributed by atoms with Crippen LogP contribution in [0.4, 0.5) is 10.8 Å². The summed E-state index contributed by atoms with van der Waals surface area (Å²) in [6.45, 7) is 1.59. The van der Waals surface area contributed by atoms with Gasteiger partial charge in [0, 0.05) is 34.2 Å². The second-order valence-corrected chi connectivity index (χ2v) is 9.30. The van der Waals surface area contributed by atoms with E-state index in [2.05, 4.69) is 20.8 Å². The molecule has 0 aliphatic carbocycles. The Morgan fingerprint density at radius 1 is 1.06 bits per heavy atom. The number of benzene rings is 3. The van der Waals surface area contributed by atoms with Gasteiger partial charge in [0.25, 0.3) is 11.6 Å². The van der Waals surface area contributed by atoms with Crippen LogP contribution >= 0.6 is 22.9 Å². The Hall–Kier alpha value is -4.15. The average molecular weight is 522 g/mol. The first-order valence-electron chi connectivity index (χ1n) is 10.8. The first-order chi connectivity index (χ1) is 17.3. The first kappa shape index (κ1) is 25.0. The molecule has 1 atom stereocenters. The van der Waals surface area contributed by atoms with Gasteiger partial charge in [0.1, 0.15) is 11.0 Å². The highest BCUT2D eigenvalue weighted by Gasteiger charge is 2.24. The average Bonchev–Trinajstić information content (AvgIpc) is 3.33. The Bertz CT molecular complexity index is 1430. The third-order valence-electron chi connectivity index (χ3n) is 5.30. The van der Waals surface area contributed by atoms with Crippen LogP contribution in [0.3, 0.4) is 0 Å². The number of hydrogen-bond donors (Lipinski definition) is 2.